The molecule has 2 aromatic rings. The highest BCUT2D eigenvalue weighted by Gasteiger charge is 2.12. The molecule has 0 aliphatic carbocycles. The van der Waals surface area contributed by atoms with Crippen LogP contribution in [0, 0.1) is 0 Å². The van der Waals surface area contributed by atoms with Crippen molar-refractivity contribution in [1.29, 1.82) is 0 Å². The molecule has 0 radical (unpaired) electrons. The number of hydrogen-bond donors (Lipinski definition) is 2. The van der Waals surface area contributed by atoms with Crippen LogP contribution in [-0.4, -0.2) is 25.5 Å². The number of hydrogen-bond acceptors (Lipinski definition) is 4. The van der Waals surface area contributed by atoms with E-state index < -0.39 is 11.8 Å². The number of benzene rings is 2. The van der Waals surface area contributed by atoms with Gasteiger partial charge in [-0.15, -0.1) is 0 Å². The number of carbonyl (C=O) groups excluding carboxylic acids is 2. The van der Waals surface area contributed by atoms with E-state index >= 15 is 0 Å². The molecule has 0 saturated heterocycles. The Balaban J connectivity index is 2.01. The van der Waals surface area contributed by atoms with Crippen LogP contribution < -0.4 is 20.3 Å². The summed E-state index contributed by atoms with van der Waals surface area (Å²) in [6.45, 7) is 2.35. The molecule has 0 unspecified atom stereocenters. The van der Waals surface area contributed by atoms with Crippen LogP contribution in [-0.2, 0) is 0 Å². The number of nitrogens with one attached hydrogen (secondary N) is 2. The van der Waals surface area contributed by atoms with E-state index in [1.165, 1.54) is 7.11 Å². The zero-order chi connectivity index (χ0) is 17.5. The number of ether oxygens (including phenoxy) is 2. The first-order valence-corrected chi connectivity index (χ1v) is 8.01. The van der Waals surface area contributed by atoms with Crippen LogP contribution in [0.25, 0.3) is 0 Å². The minimum atomic E-state index is -0.457. The summed E-state index contributed by atoms with van der Waals surface area (Å²) >= 11 is 3.29. The van der Waals surface area contributed by atoms with Crippen LogP contribution in [0.1, 0.15) is 27.6 Å². The van der Waals surface area contributed by atoms with Crippen molar-refractivity contribution in [2.24, 2.45) is 0 Å². The van der Waals surface area contributed by atoms with Crippen molar-refractivity contribution in [3.05, 3.63) is 58.1 Å². The van der Waals surface area contributed by atoms with Gasteiger partial charge in [0.1, 0.15) is 0 Å². The van der Waals surface area contributed by atoms with E-state index in [2.05, 4.69) is 26.8 Å². The molecule has 0 spiro atoms. The SMILES string of the molecule is CCOc1ccc(C(=O)NNC(=O)c2ccc(Br)cc2)cc1OC. The summed E-state index contributed by atoms with van der Waals surface area (Å²) in [6.07, 6.45) is 0. The Morgan fingerprint density at radius 2 is 1.54 bits per heavy atom. The van der Waals surface area contributed by atoms with Gasteiger partial charge in [-0.1, -0.05) is 15.9 Å². The Morgan fingerprint density at radius 3 is 2.12 bits per heavy atom. The van der Waals surface area contributed by atoms with E-state index in [1.54, 1.807) is 42.5 Å². The predicted molar refractivity (Wildman–Crippen MR) is 93.2 cm³/mol. The monoisotopic (exact) mass is 392 g/mol. The lowest BCUT2D eigenvalue weighted by molar-refractivity contribution is 0.0846. The summed E-state index contributed by atoms with van der Waals surface area (Å²) in [5.41, 5.74) is 5.51. The van der Waals surface area contributed by atoms with Gasteiger partial charge in [-0.05, 0) is 49.4 Å². The maximum absolute atomic E-state index is 12.1. The van der Waals surface area contributed by atoms with Crippen LogP contribution in [0.4, 0.5) is 0 Å². The highest BCUT2D eigenvalue weighted by Crippen LogP contribution is 2.27. The van der Waals surface area contributed by atoms with Crippen molar-refractivity contribution < 1.29 is 19.1 Å². The van der Waals surface area contributed by atoms with E-state index in [0.717, 1.165) is 4.47 Å². The van der Waals surface area contributed by atoms with E-state index in [-0.39, 0.29) is 0 Å². The molecule has 2 aromatic carbocycles. The second-order valence-corrected chi connectivity index (χ2v) is 5.63. The van der Waals surface area contributed by atoms with Crippen LogP contribution in [0.5, 0.6) is 11.5 Å². The first-order valence-electron chi connectivity index (χ1n) is 7.22. The minimum Gasteiger partial charge on any atom is -0.493 e. The van der Waals surface area contributed by atoms with E-state index in [1.807, 2.05) is 6.92 Å². The fraction of sp³-hybridized carbons (Fsp3) is 0.176. The smallest absolute Gasteiger partial charge is 0.269 e. The molecule has 0 aromatic heterocycles. The molecule has 0 bridgehead atoms. The van der Waals surface area contributed by atoms with Gasteiger partial charge < -0.3 is 9.47 Å². The molecule has 24 heavy (non-hydrogen) atoms. The third kappa shape index (κ3) is 4.48. The molecule has 0 atom stereocenters. The minimum absolute atomic E-state index is 0.339. The van der Waals surface area contributed by atoms with E-state index in [0.29, 0.717) is 29.2 Å². The largest absolute Gasteiger partial charge is 0.493 e. The summed E-state index contributed by atoms with van der Waals surface area (Å²) in [4.78, 5) is 24.1. The predicted octanol–water partition coefficient (Wildman–Crippen LogP) is 2.93. The highest BCUT2D eigenvalue weighted by atomic mass is 79.9. The lowest BCUT2D eigenvalue weighted by atomic mass is 10.2. The Morgan fingerprint density at radius 1 is 0.958 bits per heavy atom. The van der Waals surface area contributed by atoms with Gasteiger partial charge in [0.15, 0.2) is 11.5 Å². The molecule has 0 heterocycles. The number of halogens is 1. The average molecular weight is 393 g/mol. The number of hydrazine groups is 1. The molecule has 2 rings (SSSR count). The Labute approximate surface area is 148 Å². The molecule has 126 valence electrons. The average Bonchev–Trinajstić information content (AvgIpc) is 2.60. The molecule has 0 saturated carbocycles. The van der Waals surface area contributed by atoms with Gasteiger partial charge in [0.2, 0.25) is 0 Å². The van der Waals surface area contributed by atoms with Crippen molar-refractivity contribution in [3.8, 4) is 11.5 Å². The maximum Gasteiger partial charge on any atom is 0.269 e. The van der Waals surface area contributed by atoms with Gasteiger partial charge in [-0.2, -0.15) is 0 Å². The lowest BCUT2D eigenvalue weighted by Crippen LogP contribution is -2.41. The van der Waals surface area contributed by atoms with Crippen molar-refractivity contribution in [1.82, 2.24) is 10.9 Å². The van der Waals surface area contributed by atoms with Crippen LogP contribution in [0.3, 0.4) is 0 Å². The van der Waals surface area contributed by atoms with Gasteiger partial charge in [0, 0.05) is 15.6 Å². The second-order valence-electron chi connectivity index (χ2n) is 4.71. The van der Waals surface area contributed by atoms with Crippen LogP contribution in [0.2, 0.25) is 0 Å². The van der Waals surface area contributed by atoms with E-state index in [4.69, 9.17) is 9.47 Å². The van der Waals surface area contributed by atoms with Crippen molar-refractivity contribution in [2.75, 3.05) is 13.7 Å². The molecular weight excluding hydrogens is 376 g/mol. The zero-order valence-corrected chi connectivity index (χ0v) is 14.8. The first-order chi connectivity index (χ1) is 11.5. The summed E-state index contributed by atoms with van der Waals surface area (Å²) in [6, 6.07) is 11.6. The third-order valence-electron chi connectivity index (χ3n) is 3.12. The fourth-order valence-electron chi connectivity index (χ4n) is 1.94. The van der Waals surface area contributed by atoms with Gasteiger partial charge in [0.25, 0.3) is 11.8 Å². The Kier molecular flexibility index (Phi) is 6.20. The molecule has 0 aliphatic rings. The van der Waals surface area contributed by atoms with E-state index in [9.17, 15) is 9.59 Å². The fourth-order valence-corrected chi connectivity index (χ4v) is 2.21. The third-order valence-corrected chi connectivity index (χ3v) is 3.65. The number of methoxy groups -OCH3 is 1. The summed E-state index contributed by atoms with van der Waals surface area (Å²) in [5, 5.41) is 0. The van der Waals surface area contributed by atoms with Crippen LogP contribution >= 0.6 is 15.9 Å². The second kappa shape index (κ2) is 8.35. The number of rotatable bonds is 5. The molecular formula is C17H17BrN2O4. The van der Waals surface area contributed by atoms with Crippen molar-refractivity contribution in [2.45, 2.75) is 6.92 Å². The summed E-state index contributed by atoms with van der Waals surface area (Å²) in [7, 11) is 1.49. The summed E-state index contributed by atoms with van der Waals surface area (Å²) in [5.74, 6) is 0.134. The molecule has 2 N–H and O–H groups in total. The maximum atomic E-state index is 12.1. The lowest BCUT2D eigenvalue weighted by Gasteiger charge is -2.11. The first kappa shape index (κ1) is 17.8. The molecule has 6 nitrogen and oxygen atoms in total. The topological polar surface area (TPSA) is 76.7 Å². The van der Waals surface area contributed by atoms with Crippen molar-refractivity contribution in [3.63, 3.8) is 0 Å². The molecule has 7 heteroatoms. The van der Waals surface area contributed by atoms with Crippen molar-refractivity contribution >= 4 is 27.7 Å². The Hall–Kier alpha value is -2.54. The Bertz CT molecular complexity index is 732. The van der Waals surface area contributed by atoms with Gasteiger partial charge in [0.05, 0.1) is 13.7 Å². The summed E-state index contributed by atoms with van der Waals surface area (Å²) < 4.78 is 11.5. The normalized spacial score (nSPS) is 9.96. The van der Waals surface area contributed by atoms with Crippen LogP contribution in [0.15, 0.2) is 46.9 Å². The zero-order valence-electron chi connectivity index (χ0n) is 13.3. The number of amides is 2. The van der Waals surface area contributed by atoms with Gasteiger partial charge in [-0.25, -0.2) is 0 Å². The number of carbonyl (C=O) groups is 2. The molecule has 2 amide bonds. The molecule has 0 fully saturated rings. The highest BCUT2D eigenvalue weighted by molar-refractivity contribution is 9.10. The standard InChI is InChI=1S/C17H17BrN2O4/c1-3-24-14-9-6-12(10-15(14)23-2)17(22)20-19-16(21)11-4-7-13(18)8-5-11/h4-10H,3H2,1-2H3,(H,19,21)(H,20,22). The van der Waals surface area contributed by atoms with Gasteiger partial charge in [-0.3, -0.25) is 20.4 Å². The molecule has 0 aliphatic heterocycles. The van der Waals surface area contributed by atoms with Gasteiger partial charge >= 0.3 is 0 Å². The quantitative estimate of drug-likeness (QED) is 0.766.